The lowest BCUT2D eigenvalue weighted by Crippen LogP contribution is -2.04. The molecule has 2 rings (SSSR count). The molecule has 2 nitrogen and oxygen atoms in total. The van der Waals surface area contributed by atoms with Gasteiger partial charge in [-0.3, -0.25) is 0 Å². The van der Waals surface area contributed by atoms with Gasteiger partial charge in [0.1, 0.15) is 5.82 Å². The molecule has 6 heteroatoms. The van der Waals surface area contributed by atoms with Crippen LogP contribution in [0.3, 0.4) is 0 Å². The number of aliphatic carboxylic acids is 1. The van der Waals surface area contributed by atoms with Crippen molar-refractivity contribution in [1.82, 2.24) is 0 Å². The Balaban J connectivity index is 2.38. The van der Waals surface area contributed by atoms with Crippen molar-refractivity contribution < 1.29 is 27.5 Å². The van der Waals surface area contributed by atoms with Crippen LogP contribution in [0.4, 0.5) is 17.6 Å². The van der Waals surface area contributed by atoms with Gasteiger partial charge in [-0.2, -0.15) is 13.2 Å². The van der Waals surface area contributed by atoms with Crippen LogP contribution in [0.1, 0.15) is 11.1 Å². The Bertz CT molecular complexity index is 733. The van der Waals surface area contributed by atoms with E-state index in [1.807, 2.05) is 0 Å². The number of hydrogen-bond acceptors (Lipinski definition) is 1. The van der Waals surface area contributed by atoms with Crippen LogP contribution in [0.15, 0.2) is 48.5 Å². The SMILES string of the molecule is O=C(O)/C=C/c1ccc(-c2cccc(C(F)(F)F)c2)cc1F. The zero-order chi connectivity index (χ0) is 16.3. The van der Waals surface area contributed by atoms with Crippen molar-refractivity contribution in [3.05, 3.63) is 65.5 Å². The average Bonchev–Trinajstić information content (AvgIpc) is 2.45. The molecule has 0 aromatic heterocycles. The normalized spacial score (nSPS) is 11.8. The van der Waals surface area contributed by atoms with Gasteiger partial charge in [-0.05, 0) is 35.4 Å². The summed E-state index contributed by atoms with van der Waals surface area (Å²) in [6.45, 7) is 0. The summed E-state index contributed by atoms with van der Waals surface area (Å²) in [6, 6.07) is 8.36. The summed E-state index contributed by atoms with van der Waals surface area (Å²) in [5.74, 6) is -1.94. The Morgan fingerprint density at radius 1 is 1.05 bits per heavy atom. The summed E-state index contributed by atoms with van der Waals surface area (Å²) in [7, 11) is 0. The molecule has 1 N–H and O–H groups in total. The van der Waals surface area contributed by atoms with E-state index in [4.69, 9.17) is 5.11 Å². The first-order valence-electron chi connectivity index (χ1n) is 6.15. The Labute approximate surface area is 123 Å². The number of carboxylic acid groups (broad SMARTS) is 1. The molecular formula is C16H10F4O2. The third-order valence-corrected chi connectivity index (χ3v) is 2.93. The molecule has 0 saturated carbocycles. The first-order valence-corrected chi connectivity index (χ1v) is 6.15. The monoisotopic (exact) mass is 310 g/mol. The third-order valence-electron chi connectivity index (χ3n) is 2.93. The number of alkyl halides is 3. The highest BCUT2D eigenvalue weighted by molar-refractivity contribution is 5.85. The highest BCUT2D eigenvalue weighted by Gasteiger charge is 2.30. The first kappa shape index (κ1) is 15.8. The molecule has 2 aromatic carbocycles. The van der Waals surface area contributed by atoms with Gasteiger partial charge in [0.25, 0.3) is 0 Å². The second kappa shape index (κ2) is 6.01. The van der Waals surface area contributed by atoms with Gasteiger partial charge in [0, 0.05) is 11.6 Å². The molecule has 0 aliphatic carbocycles. The number of rotatable bonds is 3. The van der Waals surface area contributed by atoms with E-state index in [9.17, 15) is 22.4 Å². The maximum Gasteiger partial charge on any atom is 0.416 e. The second-order valence-electron chi connectivity index (χ2n) is 4.49. The smallest absolute Gasteiger partial charge is 0.416 e. The standard InChI is InChI=1S/C16H10F4O2/c17-14-9-12(5-4-10(14)6-7-15(21)22)11-2-1-3-13(8-11)16(18,19)20/h1-9H,(H,21,22)/b7-6+. The van der Waals surface area contributed by atoms with Crippen molar-refractivity contribution in [2.45, 2.75) is 6.18 Å². The minimum atomic E-state index is -4.47. The molecule has 0 atom stereocenters. The van der Waals surface area contributed by atoms with Crippen molar-refractivity contribution in [3.8, 4) is 11.1 Å². The molecule has 0 fully saturated rings. The Morgan fingerprint density at radius 3 is 2.32 bits per heavy atom. The molecule has 0 aliphatic rings. The van der Waals surface area contributed by atoms with E-state index in [-0.39, 0.29) is 16.7 Å². The van der Waals surface area contributed by atoms with Crippen LogP contribution in [0, 0.1) is 5.82 Å². The van der Waals surface area contributed by atoms with Gasteiger partial charge in [-0.1, -0.05) is 24.3 Å². The van der Waals surface area contributed by atoms with Crippen molar-refractivity contribution in [1.29, 1.82) is 0 Å². The highest BCUT2D eigenvalue weighted by Crippen LogP contribution is 2.32. The quantitative estimate of drug-likeness (QED) is 0.664. The minimum absolute atomic E-state index is 0.0399. The van der Waals surface area contributed by atoms with Crippen LogP contribution in [0.2, 0.25) is 0 Å². The molecule has 0 aliphatic heterocycles. The second-order valence-corrected chi connectivity index (χ2v) is 4.49. The van der Waals surface area contributed by atoms with Crippen LogP contribution in [-0.4, -0.2) is 11.1 Å². The fourth-order valence-electron chi connectivity index (χ4n) is 1.88. The largest absolute Gasteiger partial charge is 0.478 e. The van der Waals surface area contributed by atoms with Crippen molar-refractivity contribution in [2.24, 2.45) is 0 Å². The number of carboxylic acids is 1. The summed E-state index contributed by atoms with van der Waals surface area (Å²) in [6.07, 6.45) is -2.62. The van der Waals surface area contributed by atoms with E-state index < -0.39 is 23.5 Å². The number of hydrogen-bond donors (Lipinski definition) is 1. The predicted octanol–water partition coefficient (Wildman–Crippen LogP) is 4.61. The average molecular weight is 310 g/mol. The van der Waals surface area contributed by atoms with E-state index in [0.29, 0.717) is 0 Å². The highest BCUT2D eigenvalue weighted by atomic mass is 19.4. The molecule has 22 heavy (non-hydrogen) atoms. The molecule has 114 valence electrons. The van der Waals surface area contributed by atoms with E-state index in [1.54, 1.807) is 0 Å². The van der Waals surface area contributed by atoms with Crippen molar-refractivity contribution >= 4 is 12.0 Å². The summed E-state index contributed by atoms with van der Waals surface area (Å²) in [5.41, 5.74) is -0.281. The number of benzene rings is 2. The lowest BCUT2D eigenvalue weighted by Gasteiger charge is -2.09. The fraction of sp³-hybridized carbons (Fsp3) is 0.0625. The molecule has 0 amide bonds. The van der Waals surface area contributed by atoms with E-state index in [1.165, 1.54) is 24.3 Å². The van der Waals surface area contributed by atoms with Crippen molar-refractivity contribution in [3.63, 3.8) is 0 Å². The van der Waals surface area contributed by atoms with Gasteiger partial charge in [0.15, 0.2) is 0 Å². The number of carbonyl (C=O) groups is 1. The van der Waals surface area contributed by atoms with Gasteiger partial charge in [0.2, 0.25) is 0 Å². The van der Waals surface area contributed by atoms with Gasteiger partial charge >= 0.3 is 12.1 Å². The van der Waals surface area contributed by atoms with E-state index >= 15 is 0 Å². The molecule has 0 unspecified atom stereocenters. The van der Waals surface area contributed by atoms with Gasteiger partial charge in [-0.15, -0.1) is 0 Å². The van der Waals surface area contributed by atoms with Crippen LogP contribution in [0.25, 0.3) is 17.2 Å². The molecule has 0 heterocycles. The van der Waals surface area contributed by atoms with Crippen LogP contribution >= 0.6 is 0 Å². The van der Waals surface area contributed by atoms with Crippen molar-refractivity contribution in [2.75, 3.05) is 0 Å². The zero-order valence-electron chi connectivity index (χ0n) is 11.1. The molecular weight excluding hydrogens is 300 g/mol. The lowest BCUT2D eigenvalue weighted by molar-refractivity contribution is -0.137. The van der Waals surface area contributed by atoms with Gasteiger partial charge < -0.3 is 5.11 Å². The molecule has 0 radical (unpaired) electrons. The summed E-state index contributed by atoms with van der Waals surface area (Å²) in [5, 5.41) is 8.49. The molecule has 0 spiro atoms. The van der Waals surface area contributed by atoms with Crippen LogP contribution in [0.5, 0.6) is 0 Å². The van der Waals surface area contributed by atoms with Gasteiger partial charge in [-0.25, -0.2) is 9.18 Å². The summed E-state index contributed by atoms with van der Waals surface area (Å²) in [4.78, 5) is 10.4. The van der Waals surface area contributed by atoms with Crippen LogP contribution in [-0.2, 0) is 11.0 Å². The Hall–Kier alpha value is -2.63. The third kappa shape index (κ3) is 3.72. The molecule has 0 bridgehead atoms. The Morgan fingerprint density at radius 2 is 1.73 bits per heavy atom. The van der Waals surface area contributed by atoms with E-state index in [2.05, 4.69) is 0 Å². The topological polar surface area (TPSA) is 37.3 Å². The first-order chi connectivity index (χ1) is 10.3. The summed E-state index contributed by atoms with van der Waals surface area (Å²) < 4.78 is 51.8. The Kier molecular flexibility index (Phi) is 4.30. The number of halogens is 4. The lowest BCUT2D eigenvalue weighted by atomic mass is 10.0. The molecule has 2 aromatic rings. The maximum atomic E-state index is 13.9. The predicted molar refractivity (Wildman–Crippen MR) is 73.5 cm³/mol. The minimum Gasteiger partial charge on any atom is -0.478 e. The fourth-order valence-corrected chi connectivity index (χ4v) is 1.88. The molecule has 0 saturated heterocycles. The zero-order valence-corrected chi connectivity index (χ0v) is 11.1. The van der Waals surface area contributed by atoms with E-state index in [0.717, 1.165) is 30.4 Å². The summed E-state index contributed by atoms with van der Waals surface area (Å²) >= 11 is 0. The van der Waals surface area contributed by atoms with Crippen LogP contribution < -0.4 is 0 Å². The van der Waals surface area contributed by atoms with Gasteiger partial charge in [0.05, 0.1) is 5.56 Å². The maximum absolute atomic E-state index is 13.9.